The molecular weight excluding hydrogens is 203 g/mol. The zero-order valence-electron chi connectivity index (χ0n) is 9.37. The Kier molecular flexibility index (Phi) is 3.40. The van der Waals surface area contributed by atoms with Crippen molar-refractivity contribution < 1.29 is 9.13 Å². The van der Waals surface area contributed by atoms with Gasteiger partial charge in [-0.25, -0.2) is 4.39 Å². The summed E-state index contributed by atoms with van der Waals surface area (Å²) in [7, 11) is 0. The summed E-state index contributed by atoms with van der Waals surface area (Å²) in [6.45, 7) is 2.84. The number of hydrogen-bond donors (Lipinski definition) is 0. The third-order valence-corrected chi connectivity index (χ3v) is 2.56. The topological polar surface area (TPSA) is 9.23 Å². The van der Waals surface area contributed by atoms with E-state index >= 15 is 0 Å². The summed E-state index contributed by atoms with van der Waals surface area (Å²) in [6, 6.07) is 10.5. The molecule has 0 radical (unpaired) electrons. The molecule has 0 aliphatic heterocycles. The van der Waals surface area contributed by atoms with E-state index in [1.54, 1.807) is 6.07 Å². The molecule has 0 heterocycles. The van der Waals surface area contributed by atoms with Gasteiger partial charge in [0.1, 0.15) is 11.6 Å². The zero-order chi connectivity index (χ0) is 11.4. The van der Waals surface area contributed by atoms with Crippen LogP contribution in [-0.2, 0) is 0 Å². The molecule has 0 amide bonds. The number of halogens is 1. The van der Waals surface area contributed by atoms with Crippen LogP contribution in [0.15, 0.2) is 36.4 Å². The molecule has 2 aromatic rings. The Hall–Kier alpha value is -1.57. The predicted octanol–water partition coefficient (Wildman–Crippen LogP) is 4.16. The van der Waals surface area contributed by atoms with Crippen LogP contribution in [0.3, 0.4) is 0 Å². The molecule has 0 unspecified atom stereocenters. The van der Waals surface area contributed by atoms with E-state index in [0.717, 1.165) is 29.4 Å². The van der Waals surface area contributed by atoms with Gasteiger partial charge in [0.05, 0.1) is 6.61 Å². The molecule has 84 valence electrons. The van der Waals surface area contributed by atoms with Crippen molar-refractivity contribution in [2.24, 2.45) is 0 Å². The molecule has 16 heavy (non-hydrogen) atoms. The molecule has 2 rings (SSSR count). The molecule has 0 fully saturated rings. The van der Waals surface area contributed by atoms with Crippen molar-refractivity contribution in [3.05, 3.63) is 42.2 Å². The molecule has 1 nitrogen and oxygen atoms in total. The molecule has 2 heteroatoms. The Morgan fingerprint density at radius 1 is 1.19 bits per heavy atom. The van der Waals surface area contributed by atoms with Crippen molar-refractivity contribution >= 4 is 10.8 Å². The Morgan fingerprint density at radius 3 is 2.88 bits per heavy atom. The number of benzene rings is 2. The van der Waals surface area contributed by atoms with Gasteiger partial charge in [-0.3, -0.25) is 0 Å². The number of ether oxygens (including phenoxy) is 1. The lowest BCUT2D eigenvalue weighted by atomic mass is 10.1. The van der Waals surface area contributed by atoms with E-state index in [0.29, 0.717) is 6.61 Å². The molecule has 0 atom stereocenters. The molecule has 0 spiro atoms. The van der Waals surface area contributed by atoms with Crippen LogP contribution < -0.4 is 4.74 Å². The minimum atomic E-state index is -0.210. The summed E-state index contributed by atoms with van der Waals surface area (Å²) in [5.74, 6) is 0.629. The summed E-state index contributed by atoms with van der Waals surface area (Å²) < 4.78 is 18.7. The normalized spacial score (nSPS) is 10.6. The first-order chi connectivity index (χ1) is 7.81. The Morgan fingerprint density at radius 2 is 2.06 bits per heavy atom. The quantitative estimate of drug-likeness (QED) is 0.700. The summed E-state index contributed by atoms with van der Waals surface area (Å²) in [4.78, 5) is 0. The third-order valence-electron chi connectivity index (χ3n) is 2.56. The second-order valence-corrected chi connectivity index (χ2v) is 3.82. The van der Waals surface area contributed by atoms with Crippen LogP contribution in [0.2, 0.25) is 0 Å². The highest BCUT2D eigenvalue weighted by Crippen LogP contribution is 2.26. The van der Waals surface area contributed by atoms with E-state index < -0.39 is 0 Å². The van der Waals surface area contributed by atoms with Crippen LogP contribution in [0, 0.1) is 5.82 Å². The fraction of sp³-hybridized carbons (Fsp3) is 0.286. The van der Waals surface area contributed by atoms with Gasteiger partial charge in [0.2, 0.25) is 0 Å². The van der Waals surface area contributed by atoms with E-state index in [1.165, 1.54) is 12.1 Å². The first-order valence-electron chi connectivity index (χ1n) is 5.62. The van der Waals surface area contributed by atoms with Gasteiger partial charge in [-0.15, -0.1) is 0 Å². The van der Waals surface area contributed by atoms with Crippen LogP contribution in [-0.4, -0.2) is 6.61 Å². The monoisotopic (exact) mass is 218 g/mol. The summed E-state index contributed by atoms with van der Waals surface area (Å²) in [6.07, 6.45) is 2.15. The second-order valence-electron chi connectivity index (χ2n) is 3.82. The Labute approximate surface area is 94.9 Å². The van der Waals surface area contributed by atoms with Crippen LogP contribution >= 0.6 is 0 Å². The average molecular weight is 218 g/mol. The van der Waals surface area contributed by atoms with E-state index in [4.69, 9.17) is 4.74 Å². The van der Waals surface area contributed by atoms with Gasteiger partial charge in [-0.2, -0.15) is 0 Å². The highest BCUT2D eigenvalue weighted by molar-refractivity contribution is 5.88. The lowest BCUT2D eigenvalue weighted by Crippen LogP contribution is -1.96. The largest absolute Gasteiger partial charge is 0.493 e. The van der Waals surface area contributed by atoms with Crippen LogP contribution in [0.1, 0.15) is 19.8 Å². The number of hydrogen-bond acceptors (Lipinski definition) is 1. The number of fused-ring (bicyclic) bond motifs is 1. The van der Waals surface area contributed by atoms with Crippen molar-refractivity contribution in [2.75, 3.05) is 6.61 Å². The maximum atomic E-state index is 13.0. The summed E-state index contributed by atoms with van der Waals surface area (Å²) >= 11 is 0. The number of rotatable bonds is 4. The van der Waals surface area contributed by atoms with Crippen molar-refractivity contribution in [1.29, 1.82) is 0 Å². The van der Waals surface area contributed by atoms with E-state index in [2.05, 4.69) is 6.92 Å². The fourth-order valence-electron chi connectivity index (χ4n) is 1.68. The van der Waals surface area contributed by atoms with Crippen LogP contribution in [0.25, 0.3) is 10.8 Å². The van der Waals surface area contributed by atoms with Crippen molar-refractivity contribution in [1.82, 2.24) is 0 Å². The summed E-state index contributed by atoms with van der Waals surface area (Å²) in [5.41, 5.74) is 0. The maximum absolute atomic E-state index is 13.0. The smallest absolute Gasteiger partial charge is 0.127 e. The highest BCUT2D eigenvalue weighted by Gasteiger charge is 2.02. The Balaban J connectivity index is 2.30. The SMILES string of the molecule is CCCCOc1cccc2cc(F)ccc12. The maximum Gasteiger partial charge on any atom is 0.127 e. The second kappa shape index (κ2) is 4.97. The average Bonchev–Trinajstić information content (AvgIpc) is 2.29. The minimum Gasteiger partial charge on any atom is -0.493 e. The first kappa shape index (κ1) is 10.9. The van der Waals surface area contributed by atoms with Gasteiger partial charge in [0.25, 0.3) is 0 Å². The van der Waals surface area contributed by atoms with Gasteiger partial charge in [-0.05, 0) is 36.1 Å². The molecule has 0 saturated heterocycles. The molecule has 0 N–H and O–H groups in total. The van der Waals surface area contributed by atoms with Crippen molar-refractivity contribution in [3.63, 3.8) is 0 Å². The van der Waals surface area contributed by atoms with Gasteiger partial charge in [-0.1, -0.05) is 25.5 Å². The third kappa shape index (κ3) is 2.32. The van der Waals surface area contributed by atoms with Crippen molar-refractivity contribution in [2.45, 2.75) is 19.8 Å². The van der Waals surface area contributed by atoms with Crippen LogP contribution in [0.4, 0.5) is 4.39 Å². The molecule has 0 bridgehead atoms. The first-order valence-corrected chi connectivity index (χ1v) is 5.62. The molecule has 2 aromatic carbocycles. The lowest BCUT2D eigenvalue weighted by molar-refractivity contribution is 0.313. The van der Waals surface area contributed by atoms with E-state index in [1.807, 2.05) is 18.2 Å². The molecule has 0 aromatic heterocycles. The van der Waals surface area contributed by atoms with E-state index in [-0.39, 0.29) is 5.82 Å². The van der Waals surface area contributed by atoms with Gasteiger partial charge >= 0.3 is 0 Å². The summed E-state index contributed by atoms with van der Waals surface area (Å²) in [5, 5.41) is 1.86. The Bertz CT molecular complexity index is 479. The molecular formula is C14H15FO. The molecule has 0 saturated carbocycles. The molecule has 0 aliphatic rings. The fourth-order valence-corrected chi connectivity index (χ4v) is 1.68. The predicted molar refractivity (Wildman–Crippen MR) is 64.3 cm³/mol. The minimum absolute atomic E-state index is 0.210. The van der Waals surface area contributed by atoms with Gasteiger partial charge in [0.15, 0.2) is 0 Å². The highest BCUT2D eigenvalue weighted by atomic mass is 19.1. The lowest BCUT2D eigenvalue weighted by Gasteiger charge is -2.08. The zero-order valence-corrected chi connectivity index (χ0v) is 9.37. The van der Waals surface area contributed by atoms with Crippen LogP contribution in [0.5, 0.6) is 5.75 Å². The van der Waals surface area contributed by atoms with E-state index in [9.17, 15) is 4.39 Å². The molecule has 0 aliphatic carbocycles. The van der Waals surface area contributed by atoms with Gasteiger partial charge < -0.3 is 4.74 Å². The standard InChI is InChI=1S/C14H15FO/c1-2-3-9-16-14-6-4-5-11-10-12(15)7-8-13(11)14/h4-8,10H,2-3,9H2,1H3. The van der Waals surface area contributed by atoms with Crippen molar-refractivity contribution in [3.8, 4) is 5.75 Å². The number of unbranched alkanes of at least 4 members (excludes halogenated alkanes) is 1. The van der Waals surface area contributed by atoms with Gasteiger partial charge in [0, 0.05) is 5.39 Å².